The summed E-state index contributed by atoms with van der Waals surface area (Å²) in [5, 5.41) is 21.5. The van der Waals surface area contributed by atoms with Crippen LogP contribution in [0.25, 0.3) is 0 Å². The Hall–Kier alpha value is -2.37. The second kappa shape index (κ2) is 9.61. The normalized spacial score (nSPS) is 14.5. The molecule has 2 rings (SSSR count). The van der Waals surface area contributed by atoms with Gasteiger partial charge in [-0.15, -0.1) is 0 Å². The Morgan fingerprint density at radius 3 is 2.00 bits per heavy atom. The summed E-state index contributed by atoms with van der Waals surface area (Å²) >= 11 is 0. The van der Waals surface area contributed by atoms with Gasteiger partial charge in [-0.2, -0.15) is 5.10 Å². The largest absolute Gasteiger partial charge is 0.473 e. The summed E-state index contributed by atoms with van der Waals surface area (Å²) in [6, 6.07) is 8.70. The molecule has 23 heavy (non-hydrogen) atoms. The Labute approximate surface area is 136 Å². The zero-order chi connectivity index (χ0) is 17.2. The van der Waals surface area contributed by atoms with E-state index in [2.05, 4.69) is 48.2 Å². The molecule has 1 saturated heterocycles. The Morgan fingerprint density at radius 2 is 1.57 bits per heavy atom. The lowest BCUT2D eigenvalue weighted by molar-refractivity contribution is -0.159. The van der Waals surface area contributed by atoms with Crippen molar-refractivity contribution >= 4 is 18.2 Å². The number of carboxylic acid groups (broad SMARTS) is 2. The predicted molar refractivity (Wildman–Crippen MR) is 88.8 cm³/mol. The van der Waals surface area contributed by atoms with Crippen LogP contribution in [0.2, 0.25) is 0 Å². The molecule has 1 aliphatic rings. The molecule has 0 aliphatic carbocycles. The van der Waals surface area contributed by atoms with Crippen LogP contribution in [-0.4, -0.2) is 46.5 Å². The Bertz CT molecular complexity index is 520. The van der Waals surface area contributed by atoms with Gasteiger partial charge in [0.2, 0.25) is 0 Å². The highest BCUT2D eigenvalue weighted by atomic mass is 16.4. The minimum absolute atomic E-state index is 0.600. The number of hydrogen-bond donors (Lipinski definition) is 2. The number of rotatable bonds is 3. The fourth-order valence-electron chi connectivity index (χ4n) is 2.11. The van der Waals surface area contributed by atoms with Crippen LogP contribution >= 0.6 is 0 Å². The summed E-state index contributed by atoms with van der Waals surface area (Å²) in [5.74, 6) is -3.05. The van der Waals surface area contributed by atoms with Gasteiger partial charge in [-0.1, -0.05) is 38.1 Å². The molecule has 6 nitrogen and oxygen atoms in total. The van der Waals surface area contributed by atoms with Crippen molar-refractivity contribution in [3.63, 3.8) is 0 Å². The Balaban J connectivity index is 0.000000379. The van der Waals surface area contributed by atoms with Gasteiger partial charge in [-0.05, 0) is 36.3 Å². The molecule has 1 heterocycles. The van der Waals surface area contributed by atoms with E-state index in [-0.39, 0.29) is 0 Å². The standard InChI is InChI=1S/C15H22N2.C2H2O4/c1-13(2)15-8-6-14(7-9-15)12-16-17-10-4-3-5-11-17;3-1(4)2(5)6/h6-9,12-13H,3-5,10-11H2,1-2H3;(H,3,4)(H,5,6). The van der Waals surface area contributed by atoms with Crippen LogP contribution in [0.4, 0.5) is 0 Å². The molecule has 6 heteroatoms. The number of piperidine rings is 1. The molecule has 1 aromatic carbocycles. The third kappa shape index (κ3) is 7.44. The summed E-state index contributed by atoms with van der Waals surface area (Å²) in [6.45, 7) is 6.66. The molecule has 1 aromatic rings. The third-order valence-electron chi connectivity index (χ3n) is 3.49. The maximum atomic E-state index is 9.10. The summed E-state index contributed by atoms with van der Waals surface area (Å²) in [5.41, 5.74) is 2.58. The third-order valence-corrected chi connectivity index (χ3v) is 3.49. The van der Waals surface area contributed by atoms with Crippen molar-refractivity contribution in [1.82, 2.24) is 5.01 Å². The molecule has 2 N–H and O–H groups in total. The molecule has 1 aliphatic heterocycles. The van der Waals surface area contributed by atoms with Gasteiger partial charge in [0.15, 0.2) is 0 Å². The summed E-state index contributed by atoms with van der Waals surface area (Å²) in [7, 11) is 0. The highest BCUT2D eigenvalue weighted by Gasteiger charge is 2.06. The van der Waals surface area contributed by atoms with Crippen molar-refractivity contribution in [3.8, 4) is 0 Å². The first-order valence-corrected chi connectivity index (χ1v) is 7.75. The summed E-state index contributed by atoms with van der Waals surface area (Å²) in [6.07, 6.45) is 5.90. The maximum absolute atomic E-state index is 9.10. The molecule has 0 aromatic heterocycles. The van der Waals surface area contributed by atoms with Gasteiger partial charge < -0.3 is 10.2 Å². The van der Waals surface area contributed by atoms with Crippen molar-refractivity contribution in [2.45, 2.75) is 39.0 Å². The number of carbonyl (C=O) groups is 2. The van der Waals surface area contributed by atoms with Crippen molar-refractivity contribution in [1.29, 1.82) is 0 Å². The predicted octanol–water partition coefficient (Wildman–Crippen LogP) is 2.79. The van der Waals surface area contributed by atoms with E-state index in [1.165, 1.54) is 30.4 Å². The molecule has 0 spiro atoms. The fourth-order valence-corrected chi connectivity index (χ4v) is 2.11. The van der Waals surface area contributed by atoms with E-state index >= 15 is 0 Å². The van der Waals surface area contributed by atoms with Crippen molar-refractivity contribution in [2.24, 2.45) is 5.10 Å². The first kappa shape index (κ1) is 18.7. The van der Waals surface area contributed by atoms with Crippen LogP contribution in [0.15, 0.2) is 29.4 Å². The van der Waals surface area contributed by atoms with Gasteiger partial charge in [-0.3, -0.25) is 5.01 Å². The van der Waals surface area contributed by atoms with E-state index in [9.17, 15) is 0 Å². The molecule has 0 bridgehead atoms. The first-order chi connectivity index (χ1) is 10.9. The van der Waals surface area contributed by atoms with Crippen LogP contribution in [0, 0.1) is 0 Å². The SMILES string of the molecule is CC(C)c1ccc(C=NN2CCCCC2)cc1.O=C(O)C(=O)O. The second-order valence-corrected chi connectivity index (χ2v) is 5.69. The molecule has 0 amide bonds. The average molecular weight is 320 g/mol. The van der Waals surface area contributed by atoms with Gasteiger partial charge in [0, 0.05) is 13.1 Å². The van der Waals surface area contributed by atoms with Gasteiger partial charge >= 0.3 is 11.9 Å². The zero-order valence-electron chi connectivity index (χ0n) is 13.6. The molecular formula is C17H24N2O4. The molecule has 0 unspecified atom stereocenters. The molecule has 126 valence electrons. The van der Waals surface area contributed by atoms with Crippen molar-refractivity contribution in [2.75, 3.05) is 13.1 Å². The van der Waals surface area contributed by atoms with Crippen LogP contribution in [-0.2, 0) is 9.59 Å². The maximum Gasteiger partial charge on any atom is 0.414 e. The number of hydrogen-bond acceptors (Lipinski definition) is 4. The Kier molecular flexibility index (Phi) is 7.80. The number of hydrazone groups is 1. The van der Waals surface area contributed by atoms with E-state index in [0.717, 1.165) is 13.1 Å². The van der Waals surface area contributed by atoms with Gasteiger partial charge in [0.05, 0.1) is 6.21 Å². The van der Waals surface area contributed by atoms with E-state index in [4.69, 9.17) is 19.8 Å². The summed E-state index contributed by atoms with van der Waals surface area (Å²) < 4.78 is 0. The van der Waals surface area contributed by atoms with E-state index < -0.39 is 11.9 Å². The van der Waals surface area contributed by atoms with Crippen molar-refractivity contribution < 1.29 is 19.8 Å². The smallest absolute Gasteiger partial charge is 0.414 e. The second-order valence-electron chi connectivity index (χ2n) is 5.69. The number of carboxylic acids is 2. The van der Waals surface area contributed by atoms with E-state index in [1.54, 1.807) is 0 Å². The average Bonchev–Trinajstić information content (AvgIpc) is 2.55. The highest BCUT2D eigenvalue weighted by molar-refractivity contribution is 6.27. The van der Waals surface area contributed by atoms with Crippen LogP contribution in [0.5, 0.6) is 0 Å². The minimum atomic E-state index is -1.82. The number of aliphatic carboxylic acids is 2. The number of benzene rings is 1. The molecule has 0 atom stereocenters. The van der Waals surface area contributed by atoms with Gasteiger partial charge in [0.25, 0.3) is 0 Å². The van der Waals surface area contributed by atoms with E-state index in [0.29, 0.717) is 5.92 Å². The highest BCUT2D eigenvalue weighted by Crippen LogP contribution is 2.14. The van der Waals surface area contributed by atoms with E-state index in [1.807, 2.05) is 6.21 Å². The minimum Gasteiger partial charge on any atom is -0.473 e. The fraction of sp³-hybridized carbons (Fsp3) is 0.471. The topological polar surface area (TPSA) is 90.2 Å². The van der Waals surface area contributed by atoms with Crippen LogP contribution in [0.3, 0.4) is 0 Å². The molecular weight excluding hydrogens is 296 g/mol. The summed E-state index contributed by atoms with van der Waals surface area (Å²) in [4.78, 5) is 18.2. The monoisotopic (exact) mass is 320 g/mol. The molecule has 0 radical (unpaired) electrons. The Morgan fingerprint density at radius 1 is 1.04 bits per heavy atom. The lowest BCUT2D eigenvalue weighted by atomic mass is 10.0. The molecule has 0 saturated carbocycles. The zero-order valence-corrected chi connectivity index (χ0v) is 13.6. The van der Waals surface area contributed by atoms with Gasteiger partial charge in [-0.25, -0.2) is 9.59 Å². The van der Waals surface area contributed by atoms with Crippen LogP contribution in [0.1, 0.15) is 50.2 Å². The van der Waals surface area contributed by atoms with Crippen molar-refractivity contribution in [3.05, 3.63) is 35.4 Å². The van der Waals surface area contributed by atoms with Crippen LogP contribution < -0.4 is 0 Å². The lowest BCUT2D eigenvalue weighted by Gasteiger charge is -2.23. The lowest BCUT2D eigenvalue weighted by Crippen LogP contribution is -2.24. The molecule has 1 fully saturated rings. The number of nitrogens with zero attached hydrogens (tertiary/aromatic N) is 2. The quantitative estimate of drug-likeness (QED) is 0.660. The van der Waals surface area contributed by atoms with Gasteiger partial charge in [0.1, 0.15) is 0 Å². The first-order valence-electron chi connectivity index (χ1n) is 7.75.